The third kappa shape index (κ3) is 3.91. The van der Waals surface area contributed by atoms with E-state index in [4.69, 9.17) is 9.72 Å². The molecule has 0 saturated carbocycles. The molecule has 8 heteroatoms. The van der Waals surface area contributed by atoms with E-state index in [1.54, 1.807) is 18.3 Å². The number of fused-ring (bicyclic) bond motifs is 1. The van der Waals surface area contributed by atoms with Crippen molar-refractivity contribution in [2.24, 2.45) is 0 Å². The van der Waals surface area contributed by atoms with Gasteiger partial charge in [0.15, 0.2) is 0 Å². The third-order valence-corrected chi connectivity index (χ3v) is 5.49. The van der Waals surface area contributed by atoms with Crippen LogP contribution < -0.4 is 9.80 Å². The largest absolute Gasteiger partial charge is 0.478 e. The van der Waals surface area contributed by atoms with Crippen LogP contribution in [-0.4, -0.2) is 54.4 Å². The Hall–Kier alpha value is -3.26. The van der Waals surface area contributed by atoms with Crippen LogP contribution in [0.15, 0.2) is 42.6 Å². The van der Waals surface area contributed by atoms with E-state index in [9.17, 15) is 14.3 Å². The molecule has 2 aromatic carbocycles. The molecule has 0 bridgehead atoms. The van der Waals surface area contributed by atoms with Crippen molar-refractivity contribution in [1.29, 1.82) is 0 Å². The molecular weight excluding hydrogens is 387 g/mol. The van der Waals surface area contributed by atoms with Gasteiger partial charge >= 0.3 is 5.97 Å². The first-order valence-electron chi connectivity index (χ1n) is 9.79. The number of hydrogen-bond acceptors (Lipinski definition) is 6. The van der Waals surface area contributed by atoms with Gasteiger partial charge in [0.1, 0.15) is 11.6 Å². The maximum absolute atomic E-state index is 13.7. The zero-order valence-corrected chi connectivity index (χ0v) is 16.9. The number of halogens is 1. The molecule has 0 spiro atoms. The molecule has 156 valence electrons. The lowest BCUT2D eigenvalue weighted by molar-refractivity contribution is 0.0697. The zero-order valence-electron chi connectivity index (χ0n) is 16.9. The lowest BCUT2D eigenvalue weighted by atomic mass is 10.0. The first kappa shape index (κ1) is 20.0. The van der Waals surface area contributed by atoms with Crippen LogP contribution in [0.2, 0.25) is 0 Å². The van der Waals surface area contributed by atoms with Gasteiger partial charge in [-0.2, -0.15) is 0 Å². The molecule has 1 unspecified atom stereocenters. The van der Waals surface area contributed by atoms with E-state index in [0.717, 1.165) is 24.5 Å². The second kappa shape index (κ2) is 8.23. The molecule has 1 aliphatic rings. The minimum atomic E-state index is -1.03. The zero-order chi connectivity index (χ0) is 21.3. The molecular formula is C22H23FN4O3. The molecule has 3 aromatic rings. The van der Waals surface area contributed by atoms with Crippen LogP contribution >= 0.6 is 0 Å². The average Bonchev–Trinajstić information content (AvgIpc) is 2.77. The highest BCUT2D eigenvalue weighted by Gasteiger charge is 2.21. The summed E-state index contributed by atoms with van der Waals surface area (Å²) in [4.78, 5) is 25.0. The number of carboxylic acids is 1. The number of benzene rings is 2. The number of carboxylic acid groups (broad SMARTS) is 1. The Morgan fingerprint density at radius 1 is 1.27 bits per heavy atom. The number of ether oxygens (including phenoxy) is 1. The van der Waals surface area contributed by atoms with E-state index in [1.807, 2.05) is 24.9 Å². The Morgan fingerprint density at radius 3 is 2.73 bits per heavy atom. The maximum atomic E-state index is 13.7. The van der Waals surface area contributed by atoms with E-state index in [2.05, 4.69) is 9.88 Å². The summed E-state index contributed by atoms with van der Waals surface area (Å²) in [6.45, 7) is 4.64. The number of morpholine rings is 1. The Labute approximate surface area is 173 Å². The Balaban J connectivity index is 1.81. The van der Waals surface area contributed by atoms with E-state index in [1.165, 1.54) is 18.2 Å². The van der Waals surface area contributed by atoms with Gasteiger partial charge in [-0.15, -0.1) is 0 Å². The van der Waals surface area contributed by atoms with Gasteiger partial charge in [-0.3, -0.25) is 4.98 Å². The van der Waals surface area contributed by atoms with Gasteiger partial charge < -0.3 is 19.6 Å². The third-order valence-electron chi connectivity index (χ3n) is 5.49. The van der Waals surface area contributed by atoms with E-state index in [0.29, 0.717) is 29.9 Å². The van der Waals surface area contributed by atoms with Gasteiger partial charge in [0, 0.05) is 31.4 Å². The topological polar surface area (TPSA) is 78.8 Å². The molecule has 2 heterocycles. The van der Waals surface area contributed by atoms with E-state index >= 15 is 0 Å². The number of aromatic carboxylic acids is 1. The van der Waals surface area contributed by atoms with E-state index in [-0.39, 0.29) is 17.4 Å². The minimum Gasteiger partial charge on any atom is -0.478 e. The molecule has 4 rings (SSSR count). The smallest absolute Gasteiger partial charge is 0.335 e. The summed E-state index contributed by atoms with van der Waals surface area (Å²) in [7, 11) is 1.85. The van der Waals surface area contributed by atoms with Crippen molar-refractivity contribution in [2.75, 3.05) is 43.2 Å². The lowest BCUT2D eigenvalue weighted by Crippen LogP contribution is -2.36. The molecule has 0 radical (unpaired) electrons. The molecule has 1 fully saturated rings. The van der Waals surface area contributed by atoms with Crippen LogP contribution in [0.4, 0.5) is 15.9 Å². The summed E-state index contributed by atoms with van der Waals surface area (Å²) >= 11 is 0. The summed E-state index contributed by atoms with van der Waals surface area (Å²) < 4.78 is 19.1. The second-order valence-electron chi connectivity index (χ2n) is 7.33. The summed E-state index contributed by atoms with van der Waals surface area (Å²) in [6.07, 6.45) is 1.67. The van der Waals surface area contributed by atoms with Crippen molar-refractivity contribution in [3.63, 3.8) is 0 Å². The van der Waals surface area contributed by atoms with Crippen LogP contribution in [-0.2, 0) is 4.74 Å². The van der Waals surface area contributed by atoms with Crippen molar-refractivity contribution in [1.82, 2.24) is 9.97 Å². The molecule has 1 aromatic heterocycles. The molecule has 1 N–H and O–H groups in total. The summed E-state index contributed by atoms with van der Waals surface area (Å²) in [5, 5.41) is 9.57. The van der Waals surface area contributed by atoms with Crippen molar-refractivity contribution in [2.45, 2.75) is 13.0 Å². The SMILES string of the molecule is CC(c1cc(C(=O)O)cc2ncc(N3CCOCC3)nc12)N(C)c1cccc(F)c1. The van der Waals surface area contributed by atoms with Gasteiger partial charge in [-0.1, -0.05) is 6.07 Å². The van der Waals surface area contributed by atoms with Gasteiger partial charge in [0.2, 0.25) is 0 Å². The normalized spacial score (nSPS) is 15.2. The molecule has 0 aliphatic carbocycles. The quantitative estimate of drug-likeness (QED) is 0.690. The van der Waals surface area contributed by atoms with Crippen molar-refractivity contribution in [3.8, 4) is 0 Å². The van der Waals surface area contributed by atoms with Crippen molar-refractivity contribution in [3.05, 3.63) is 59.5 Å². The lowest BCUT2D eigenvalue weighted by Gasteiger charge is -2.30. The summed E-state index contributed by atoms with van der Waals surface area (Å²) in [6, 6.07) is 9.20. The number of rotatable bonds is 5. The fourth-order valence-electron chi connectivity index (χ4n) is 3.65. The van der Waals surface area contributed by atoms with Crippen LogP contribution in [0.25, 0.3) is 11.0 Å². The first-order chi connectivity index (χ1) is 14.4. The molecule has 1 aliphatic heterocycles. The van der Waals surface area contributed by atoms with E-state index < -0.39 is 5.97 Å². The van der Waals surface area contributed by atoms with Crippen LogP contribution in [0.3, 0.4) is 0 Å². The van der Waals surface area contributed by atoms with Crippen LogP contribution in [0.1, 0.15) is 28.9 Å². The first-order valence-corrected chi connectivity index (χ1v) is 9.79. The van der Waals surface area contributed by atoms with Crippen LogP contribution in [0.5, 0.6) is 0 Å². The molecule has 0 amide bonds. The highest BCUT2D eigenvalue weighted by Crippen LogP contribution is 2.31. The maximum Gasteiger partial charge on any atom is 0.335 e. The Bertz CT molecular complexity index is 1090. The van der Waals surface area contributed by atoms with Gasteiger partial charge in [-0.25, -0.2) is 14.2 Å². The predicted octanol–water partition coefficient (Wildman–Crippen LogP) is 3.50. The molecule has 30 heavy (non-hydrogen) atoms. The fourth-order valence-corrected chi connectivity index (χ4v) is 3.65. The fraction of sp³-hybridized carbons (Fsp3) is 0.318. The predicted molar refractivity (Wildman–Crippen MR) is 113 cm³/mol. The average molecular weight is 410 g/mol. The molecule has 1 atom stereocenters. The summed E-state index contributed by atoms with van der Waals surface area (Å²) in [5.41, 5.74) is 2.71. The number of carbonyl (C=O) groups is 1. The number of aromatic nitrogens is 2. The molecule has 1 saturated heterocycles. The highest BCUT2D eigenvalue weighted by atomic mass is 19.1. The standard InChI is InChI=1S/C22H23FN4O3/c1-14(26(2)17-5-3-4-16(23)12-17)18-10-15(22(28)29)11-19-21(18)25-20(13-24-19)27-6-8-30-9-7-27/h3-5,10-14H,6-9H2,1-2H3,(H,28,29). The highest BCUT2D eigenvalue weighted by molar-refractivity contribution is 5.94. The number of hydrogen-bond donors (Lipinski definition) is 1. The Kier molecular flexibility index (Phi) is 5.50. The number of anilines is 2. The summed E-state index contributed by atoms with van der Waals surface area (Å²) in [5.74, 6) is -0.626. The minimum absolute atomic E-state index is 0.144. The Morgan fingerprint density at radius 2 is 2.03 bits per heavy atom. The van der Waals surface area contributed by atoms with Crippen molar-refractivity contribution >= 4 is 28.5 Å². The monoisotopic (exact) mass is 410 g/mol. The van der Waals surface area contributed by atoms with Crippen molar-refractivity contribution < 1.29 is 19.0 Å². The number of nitrogens with zero attached hydrogens (tertiary/aromatic N) is 4. The van der Waals surface area contributed by atoms with Gasteiger partial charge in [-0.05, 0) is 37.3 Å². The molecule has 7 nitrogen and oxygen atoms in total. The van der Waals surface area contributed by atoms with Crippen LogP contribution in [0, 0.1) is 5.82 Å². The van der Waals surface area contributed by atoms with Gasteiger partial charge in [0.25, 0.3) is 0 Å². The second-order valence-corrected chi connectivity index (χ2v) is 7.33. The van der Waals surface area contributed by atoms with Gasteiger partial charge in [0.05, 0.1) is 42.0 Å².